The Labute approximate surface area is 120 Å². The molecular formula is C16H24N2O2. The number of anilines is 2. The van der Waals surface area contributed by atoms with Gasteiger partial charge in [-0.05, 0) is 43.7 Å². The summed E-state index contributed by atoms with van der Waals surface area (Å²) in [6, 6.07) is 6.37. The zero-order chi connectivity index (χ0) is 14.5. The van der Waals surface area contributed by atoms with Gasteiger partial charge in [-0.1, -0.05) is 6.92 Å². The van der Waals surface area contributed by atoms with Crippen LogP contribution in [0, 0.1) is 5.92 Å². The molecule has 0 saturated heterocycles. The highest BCUT2D eigenvalue weighted by atomic mass is 16.5. The van der Waals surface area contributed by atoms with E-state index in [0.717, 1.165) is 11.6 Å². The lowest BCUT2D eigenvalue weighted by Gasteiger charge is -2.28. The van der Waals surface area contributed by atoms with Gasteiger partial charge >= 0.3 is 0 Å². The zero-order valence-electron chi connectivity index (χ0n) is 12.5. The first kappa shape index (κ1) is 14.7. The van der Waals surface area contributed by atoms with E-state index >= 15 is 0 Å². The number of amides is 1. The van der Waals surface area contributed by atoms with E-state index in [9.17, 15) is 4.79 Å². The predicted octanol–water partition coefficient (Wildman–Crippen LogP) is 3.64. The highest BCUT2D eigenvalue weighted by molar-refractivity contribution is 5.90. The van der Waals surface area contributed by atoms with E-state index in [0.29, 0.717) is 17.5 Å². The lowest BCUT2D eigenvalue weighted by Crippen LogP contribution is -2.25. The van der Waals surface area contributed by atoms with E-state index in [-0.39, 0.29) is 5.91 Å². The minimum atomic E-state index is -0.0923. The molecule has 1 aliphatic carbocycles. The van der Waals surface area contributed by atoms with E-state index in [1.54, 1.807) is 7.11 Å². The Kier molecular flexibility index (Phi) is 4.88. The molecule has 4 nitrogen and oxygen atoms in total. The zero-order valence-corrected chi connectivity index (χ0v) is 12.5. The van der Waals surface area contributed by atoms with E-state index in [2.05, 4.69) is 17.6 Å². The lowest BCUT2D eigenvalue weighted by atomic mass is 9.87. The average Bonchev–Trinajstić information content (AvgIpc) is 2.42. The van der Waals surface area contributed by atoms with Crippen molar-refractivity contribution in [3.63, 3.8) is 0 Å². The van der Waals surface area contributed by atoms with Gasteiger partial charge in [0.15, 0.2) is 0 Å². The van der Waals surface area contributed by atoms with Crippen LogP contribution in [0.1, 0.15) is 39.5 Å². The molecule has 0 radical (unpaired) electrons. The first-order valence-corrected chi connectivity index (χ1v) is 7.30. The second-order valence-electron chi connectivity index (χ2n) is 5.70. The van der Waals surface area contributed by atoms with Crippen LogP contribution < -0.4 is 15.4 Å². The van der Waals surface area contributed by atoms with Crippen LogP contribution in [0.15, 0.2) is 18.2 Å². The summed E-state index contributed by atoms with van der Waals surface area (Å²) >= 11 is 0. The summed E-state index contributed by atoms with van der Waals surface area (Å²) in [4.78, 5) is 11.1. The van der Waals surface area contributed by atoms with Gasteiger partial charge in [0, 0.05) is 24.7 Å². The van der Waals surface area contributed by atoms with Crippen LogP contribution in [0.2, 0.25) is 0 Å². The smallest absolute Gasteiger partial charge is 0.221 e. The third-order valence-corrected chi connectivity index (χ3v) is 3.90. The van der Waals surface area contributed by atoms with Gasteiger partial charge in [0.05, 0.1) is 12.8 Å². The van der Waals surface area contributed by atoms with E-state index in [1.807, 2.05) is 18.2 Å². The van der Waals surface area contributed by atoms with Crippen LogP contribution in [0.3, 0.4) is 0 Å². The molecule has 0 aromatic heterocycles. The number of rotatable bonds is 4. The number of benzene rings is 1. The SMILES string of the molecule is COc1cc(NC2CCC(C)CC2)ccc1NC(C)=O. The van der Waals surface area contributed by atoms with Crippen LogP contribution in [0.4, 0.5) is 11.4 Å². The minimum absolute atomic E-state index is 0.0923. The maximum Gasteiger partial charge on any atom is 0.221 e. The van der Waals surface area contributed by atoms with E-state index < -0.39 is 0 Å². The molecule has 1 amide bonds. The molecular weight excluding hydrogens is 252 g/mol. The van der Waals surface area contributed by atoms with Crippen molar-refractivity contribution in [2.75, 3.05) is 17.7 Å². The van der Waals surface area contributed by atoms with Crippen molar-refractivity contribution in [2.24, 2.45) is 5.92 Å². The number of carbonyl (C=O) groups excluding carboxylic acids is 1. The van der Waals surface area contributed by atoms with Crippen molar-refractivity contribution < 1.29 is 9.53 Å². The first-order chi connectivity index (χ1) is 9.58. The molecule has 0 atom stereocenters. The molecule has 1 aromatic carbocycles. The molecule has 4 heteroatoms. The van der Waals surface area contributed by atoms with Crippen molar-refractivity contribution in [3.8, 4) is 5.75 Å². The van der Waals surface area contributed by atoms with Gasteiger partial charge in [-0.2, -0.15) is 0 Å². The number of methoxy groups -OCH3 is 1. The Morgan fingerprint density at radius 1 is 1.25 bits per heavy atom. The van der Waals surface area contributed by atoms with Crippen molar-refractivity contribution in [2.45, 2.75) is 45.6 Å². The predicted molar refractivity (Wildman–Crippen MR) is 82.3 cm³/mol. The molecule has 20 heavy (non-hydrogen) atoms. The van der Waals surface area contributed by atoms with Crippen LogP contribution in [-0.2, 0) is 4.79 Å². The fraction of sp³-hybridized carbons (Fsp3) is 0.562. The Balaban J connectivity index is 2.03. The number of ether oxygens (including phenoxy) is 1. The van der Waals surface area contributed by atoms with Crippen molar-refractivity contribution in [1.29, 1.82) is 0 Å². The minimum Gasteiger partial charge on any atom is -0.494 e. The number of nitrogens with one attached hydrogen (secondary N) is 2. The maximum absolute atomic E-state index is 11.1. The number of carbonyl (C=O) groups is 1. The van der Waals surface area contributed by atoms with Gasteiger partial charge < -0.3 is 15.4 Å². The van der Waals surface area contributed by atoms with Gasteiger partial charge in [-0.3, -0.25) is 4.79 Å². The van der Waals surface area contributed by atoms with Crippen LogP contribution in [0.25, 0.3) is 0 Å². The highest BCUT2D eigenvalue weighted by Crippen LogP contribution is 2.30. The van der Waals surface area contributed by atoms with E-state index in [1.165, 1.54) is 32.6 Å². The molecule has 0 unspecified atom stereocenters. The first-order valence-electron chi connectivity index (χ1n) is 7.30. The normalized spacial score (nSPS) is 22.1. The monoisotopic (exact) mass is 276 g/mol. The summed E-state index contributed by atoms with van der Waals surface area (Å²) in [6.45, 7) is 3.82. The molecule has 2 rings (SSSR count). The maximum atomic E-state index is 11.1. The standard InChI is InChI=1S/C16H24N2O2/c1-11-4-6-13(7-5-11)18-14-8-9-15(17-12(2)19)16(10-14)20-3/h8-11,13,18H,4-7H2,1-3H3,(H,17,19). The Morgan fingerprint density at radius 2 is 1.95 bits per heavy atom. The van der Waals surface area contributed by atoms with Gasteiger partial charge in [-0.15, -0.1) is 0 Å². The molecule has 0 spiro atoms. The number of hydrogen-bond donors (Lipinski definition) is 2. The third-order valence-electron chi connectivity index (χ3n) is 3.90. The summed E-state index contributed by atoms with van der Waals surface area (Å²) in [5.41, 5.74) is 1.76. The fourth-order valence-corrected chi connectivity index (χ4v) is 2.71. The summed E-state index contributed by atoms with van der Waals surface area (Å²) in [7, 11) is 1.62. The molecule has 1 saturated carbocycles. The molecule has 2 N–H and O–H groups in total. The van der Waals surface area contributed by atoms with Crippen LogP contribution >= 0.6 is 0 Å². The quantitative estimate of drug-likeness (QED) is 0.882. The summed E-state index contributed by atoms with van der Waals surface area (Å²) in [5, 5.41) is 6.33. The van der Waals surface area contributed by atoms with Crippen molar-refractivity contribution >= 4 is 17.3 Å². The molecule has 0 aliphatic heterocycles. The largest absolute Gasteiger partial charge is 0.494 e. The molecule has 1 aromatic rings. The molecule has 110 valence electrons. The highest BCUT2D eigenvalue weighted by Gasteiger charge is 2.18. The van der Waals surface area contributed by atoms with E-state index in [4.69, 9.17) is 4.74 Å². The Bertz CT molecular complexity index is 466. The molecule has 1 fully saturated rings. The molecule has 0 bridgehead atoms. The topological polar surface area (TPSA) is 50.4 Å². The van der Waals surface area contributed by atoms with Gasteiger partial charge in [0.25, 0.3) is 0 Å². The van der Waals surface area contributed by atoms with Gasteiger partial charge in [0.1, 0.15) is 5.75 Å². The Hall–Kier alpha value is -1.71. The second kappa shape index (κ2) is 6.64. The van der Waals surface area contributed by atoms with Gasteiger partial charge in [0.2, 0.25) is 5.91 Å². The summed E-state index contributed by atoms with van der Waals surface area (Å²) in [6.07, 6.45) is 5.02. The molecule has 1 aliphatic rings. The van der Waals surface area contributed by atoms with Crippen LogP contribution in [-0.4, -0.2) is 19.1 Å². The van der Waals surface area contributed by atoms with Crippen molar-refractivity contribution in [3.05, 3.63) is 18.2 Å². The van der Waals surface area contributed by atoms with Gasteiger partial charge in [-0.25, -0.2) is 0 Å². The third kappa shape index (κ3) is 3.89. The lowest BCUT2D eigenvalue weighted by molar-refractivity contribution is -0.114. The Morgan fingerprint density at radius 3 is 2.55 bits per heavy atom. The number of hydrogen-bond acceptors (Lipinski definition) is 3. The fourth-order valence-electron chi connectivity index (χ4n) is 2.71. The summed E-state index contributed by atoms with van der Waals surface area (Å²) < 4.78 is 5.34. The van der Waals surface area contributed by atoms with Crippen molar-refractivity contribution in [1.82, 2.24) is 0 Å². The summed E-state index contributed by atoms with van der Waals surface area (Å²) in [5.74, 6) is 1.45. The molecule has 0 heterocycles. The second-order valence-corrected chi connectivity index (χ2v) is 5.70. The van der Waals surface area contributed by atoms with Crippen LogP contribution in [0.5, 0.6) is 5.75 Å². The average molecular weight is 276 g/mol.